The summed E-state index contributed by atoms with van der Waals surface area (Å²) in [6, 6.07) is 18.9. The maximum Gasteiger partial charge on any atom is 0.238 e. The lowest BCUT2D eigenvalue weighted by Gasteiger charge is -2.38. The van der Waals surface area contributed by atoms with E-state index in [2.05, 4.69) is 5.32 Å². The zero-order valence-electron chi connectivity index (χ0n) is 23.2. The molecule has 1 amide bonds. The van der Waals surface area contributed by atoms with Crippen molar-refractivity contribution in [3.63, 3.8) is 0 Å². The summed E-state index contributed by atoms with van der Waals surface area (Å²) in [6.45, 7) is 5.56. The van der Waals surface area contributed by atoms with E-state index in [-0.39, 0.29) is 23.0 Å². The van der Waals surface area contributed by atoms with E-state index in [9.17, 15) is 14.4 Å². The van der Waals surface area contributed by atoms with E-state index in [1.807, 2.05) is 86.5 Å². The van der Waals surface area contributed by atoms with Crippen LogP contribution in [0.3, 0.4) is 0 Å². The second kappa shape index (κ2) is 9.08. The molecule has 204 valence electrons. The Morgan fingerprint density at radius 1 is 0.950 bits per heavy atom. The highest BCUT2D eigenvalue weighted by atomic mass is 16.5. The highest BCUT2D eigenvalue weighted by Crippen LogP contribution is 2.62. The van der Waals surface area contributed by atoms with E-state index in [1.165, 1.54) is 14.2 Å². The number of ketones is 2. The van der Waals surface area contributed by atoms with Crippen molar-refractivity contribution >= 4 is 29.2 Å². The van der Waals surface area contributed by atoms with Crippen LogP contribution in [0.5, 0.6) is 11.5 Å². The first-order valence-corrected chi connectivity index (χ1v) is 13.4. The number of methoxy groups -OCH3 is 2. The number of carbonyl (C=O) groups is 3. The van der Waals surface area contributed by atoms with E-state index >= 15 is 0 Å². The summed E-state index contributed by atoms with van der Waals surface area (Å²) in [5.74, 6) is -0.964. The molecule has 3 aliphatic rings. The first kappa shape index (κ1) is 25.9. The molecule has 7 heteroatoms. The van der Waals surface area contributed by atoms with Gasteiger partial charge in [0.2, 0.25) is 5.91 Å². The first-order chi connectivity index (χ1) is 19.1. The van der Waals surface area contributed by atoms with Crippen LogP contribution < -0.4 is 14.8 Å². The minimum Gasteiger partial charge on any atom is -0.497 e. The van der Waals surface area contributed by atoms with Gasteiger partial charge >= 0.3 is 0 Å². The Hall–Kier alpha value is -4.39. The number of anilines is 1. The first-order valence-electron chi connectivity index (χ1n) is 13.4. The smallest absolute Gasteiger partial charge is 0.238 e. The van der Waals surface area contributed by atoms with Crippen molar-refractivity contribution in [3.8, 4) is 11.5 Å². The van der Waals surface area contributed by atoms with Crippen LogP contribution in [0.25, 0.3) is 6.08 Å². The molecule has 0 unspecified atom stereocenters. The summed E-state index contributed by atoms with van der Waals surface area (Å²) < 4.78 is 11.1. The molecular formula is C33H32N2O5. The Bertz CT molecular complexity index is 1590. The van der Waals surface area contributed by atoms with Crippen molar-refractivity contribution in [2.75, 3.05) is 19.5 Å². The number of carbonyl (C=O) groups excluding carboxylic acids is 3. The Morgan fingerprint density at radius 2 is 1.68 bits per heavy atom. The monoisotopic (exact) mass is 536 g/mol. The van der Waals surface area contributed by atoms with Crippen LogP contribution in [0, 0.1) is 11.3 Å². The van der Waals surface area contributed by atoms with Crippen molar-refractivity contribution in [2.45, 2.75) is 38.3 Å². The lowest BCUT2D eigenvalue weighted by Crippen LogP contribution is -2.50. The van der Waals surface area contributed by atoms with Gasteiger partial charge in [0.25, 0.3) is 0 Å². The van der Waals surface area contributed by atoms with Crippen molar-refractivity contribution in [2.24, 2.45) is 11.3 Å². The van der Waals surface area contributed by atoms with Crippen LogP contribution >= 0.6 is 0 Å². The third kappa shape index (κ3) is 3.46. The van der Waals surface area contributed by atoms with Crippen molar-refractivity contribution < 1.29 is 23.9 Å². The van der Waals surface area contributed by atoms with Gasteiger partial charge in [-0.3, -0.25) is 14.4 Å². The van der Waals surface area contributed by atoms with Gasteiger partial charge in [0.05, 0.1) is 37.8 Å². The fraction of sp³-hybridized carbons (Fsp3) is 0.303. The van der Waals surface area contributed by atoms with Gasteiger partial charge in [0, 0.05) is 17.3 Å². The number of hydrogen-bond acceptors (Lipinski definition) is 6. The third-order valence-corrected chi connectivity index (χ3v) is 8.53. The van der Waals surface area contributed by atoms with E-state index in [4.69, 9.17) is 9.47 Å². The molecule has 1 spiro atoms. The fourth-order valence-corrected chi connectivity index (χ4v) is 6.79. The third-order valence-electron chi connectivity index (χ3n) is 8.53. The molecule has 0 radical (unpaired) electrons. The second-order valence-corrected chi connectivity index (χ2v) is 11.6. The predicted molar refractivity (Wildman–Crippen MR) is 152 cm³/mol. The standard InChI is InChI=1S/C33H32N2O5/c1-32(2,3)30(37)27-26(28(36)22-18-20(39-4)14-15-25(22)40-5)33(23-12-8-9-13-24(23)34-31(33)38)29-21-11-7-6-10-19(21)16-17-35(27)29/h6-18,26-27,29H,1-5H3,(H,34,38)/t26-,27+,29+,33+/m0/s1. The number of nitrogens with one attached hydrogen (secondary N) is 1. The molecule has 7 nitrogen and oxygen atoms in total. The van der Waals surface area contributed by atoms with Crippen molar-refractivity contribution in [3.05, 3.63) is 95.2 Å². The number of rotatable bonds is 5. The van der Waals surface area contributed by atoms with Crippen LogP contribution in [-0.2, 0) is 15.0 Å². The van der Waals surface area contributed by atoms with Gasteiger partial charge in [-0.2, -0.15) is 0 Å². The number of fused-ring (bicyclic) bond motifs is 6. The largest absolute Gasteiger partial charge is 0.497 e. The molecule has 3 aliphatic heterocycles. The minimum absolute atomic E-state index is 0.115. The van der Waals surface area contributed by atoms with E-state index < -0.39 is 28.8 Å². The average Bonchev–Trinajstić information content (AvgIpc) is 3.43. The lowest BCUT2D eigenvalue weighted by atomic mass is 9.62. The summed E-state index contributed by atoms with van der Waals surface area (Å²) in [5.41, 5.74) is 1.33. The maximum atomic E-state index is 15.0. The summed E-state index contributed by atoms with van der Waals surface area (Å²) in [5, 5.41) is 3.07. The predicted octanol–water partition coefficient (Wildman–Crippen LogP) is 5.42. The van der Waals surface area contributed by atoms with E-state index in [1.54, 1.807) is 18.2 Å². The van der Waals surface area contributed by atoms with Crippen molar-refractivity contribution in [1.29, 1.82) is 0 Å². The quantitative estimate of drug-likeness (QED) is 0.439. The maximum absolute atomic E-state index is 15.0. The SMILES string of the molecule is COc1ccc(OC)c(C(=O)[C@@H]2[C@H](C(=O)C(C)(C)C)N3C=Cc4ccccc4[C@@H]3[C@]23C(=O)Nc2ccccc23)c1. The summed E-state index contributed by atoms with van der Waals surface area (Å²) in [7, 11) is 3.03. The van der Waals surface area contributed by atoms with Crippen LogP contribution in [-0.4, -0.2) is 42.6 Å². The van der Waals surface area contributed by atoms with Gasteiger partial charge < -0.3 is 19.7 Å². The van der Waals surface area contributed by atoms with Crippen LogP contribution in [0.4, 0.5) is 5.69 Å². The molecule has 1 N–H and O–H groups in total. The van der Waals surface area contributed by atoms with Gasteiger partial charge in [-0.25, -0.2) is 0 Å². The average molecular weight is 537 g/mol. The topological polar surface area (TPSA) is 84.9 Å². The van der Waals surface area contributed by atoms with Crippen LogP contribution in [0.1, 0.15) is 53.9 Å². The minimum atomic E-state index is -1.38. The van der Waals surface area contributed by atoms with Gasteiger partial charge in [0.1, 0.15) is 16.9 Å². The number of Topliss-reactive ketones (excluding diaryl/α,β-unsaturated/α-hetero) is 2. The van der Waals surface area contributed by atoms with Gasteiger partial charge in [-0.15, -0.1) is 0 Å². The number of para-hydroxylation sites is 1. The normalized spacial score (nSPS) is 24.3. The van der Waals surface area contributed by atoms with Crippen LogP contribution in [0.2, 0.25) is 0 Å². The zero-order chi connectivity index (χ0) is 28.4. The molecule has 0 aliphatic carbocycles. The number of amides is 1. The molecule has 4 atom stereocenters. The summed E-state index contributed by atoms with van der Waals surface area (Å²) in [6.07, 6.45) is 3.84. The molecular weight excluding hydrogens is 504 g/mol. The highest BCUT2D eigenvalue weighted by Gasteiger charge is 2.71. The Morgan fingerprint density at radius 3 is 2.40 bits per heavy atom. The molecule has 3 heterocycles. The van der Waals surface area contributed by atoms with Crippen molar-refractivity contribution in [1.82, 2.24) is 4.90 Å². The Labute approximate surface area is 233 Å². The molecule has 0 aromatic heterocycles. The molecule has 3 aromatic rings. The van der Waals surface area contributed by atoms with Gasteiger partial charge in [-0.05, 0) is 47.0 Å². The highest BCUT2D eigenvalue weighted by molar-refractivity contribution is 6.16. The molecule has 40 heavy (non-hydrogen) atoms. The summed E-state index contributed by atoms with van der Waals surface area (Å²) >= 11 is 0. The number of benzene rings is 3. The summed E-state index contributed by atoms with van der Waals surface area (Å²) in [4.78, 5) is 45.8. The fourth-order valence-electron chi connectivity index (χ4n) is 6.79. The van der Waals surface area contributed by atoms with Gasteiger partial charge in [0.15, 0.2) is 11.6 Å². The van der Waals surface area contributed by atoms with Gasteiger partial charge in [-0.1, -0.05) is 63.2 Å². The Balaban J connectivity index is 1.70. The molecule has 1 fully saturated rings. The zero-order valence-corrected chi connectivity index (χ0v) is 23.2. The number of ether oxygens (including phenoxy) is 2. The van der Waals surface area contributed by atoms with E-state index in [0.717, 1.165) is 11.1 Å². The lowest BCUT2D eigenvalue weighted by molar-refractivity contribution is -0.131. The molecule has 6 rings (SSSR count). The number of nitrogens with zero attached hydrogens (tertiary/aromatic N) is 1. The van der Waals surface area contributed by atoms with Crippen LogP contribution in [0.15, 0.2) is 72.9 Å². The Kier molecular flexibility index (Phi) is 5.87. The van der Waals surface area contributed by atoms with E-state index in [0.29, 0.717) is 22.7 Å². The molecule has 0 bridgehead atoms. The second-order valence-electron chi connectivity index (χ2n) is 11.6. The molecule has 0 saturated carbocycles. The number of hydrogen-bond donors (Lipinski definition) is 1. The molecule has 1 saturated heterocycles. The molecule has 3 aromatic carbocycles.